The third kappa shape index (κ3) is 12.0. The van der Waals surface area contributed by atoms with Crippen LogP contribution < -0.4 is 0 Å². The highest BCUT2D eigenvalue weighted by Crippen LogP contribution is 1.91. The molecule has 3 rings (SSSR count). The Hall–Kier alpha value is -2.55. The third-order valence-electron chi connectivity index (χ3n) is 2.71. The van der Waals surface area contributed by atoms with Gasteiger partial charge in [-0.2, -0.15) is 0 Å². The van der Waals surface area contributed by atoms with Crippen LogP contribution in [0.3, 0.4) is 0 Å². The van der Waals surface area contributed by atoms with Crippen LogP contribution in [0.5, 0.6) is 0 Å². The second-order valence-corrected chi connectivity index (χ2v) is 4.62. The average molecular weight is 323 g/mol. The molecule has 3 nitrogen and oxygen atoms in total. The Balaban J connectivity index is 0.000000315. The highest BCUT2D eigenvalue weighted by atomic mass is 14.7. The van der Waals surface area contributed by atoms with E-state index >= 15 is 0 Å². The summed E-state index contributed by atoms with van der Waals surface area (Å²) < 4.78 is 0. The molecule has 0 radical (unpaired) electrons. The zero-order valence-corrected chi connectivity index (χ0v) is 15.5. The Kier molecular flexibility index (Phi) is 13.7. The maximum Gasteiger partial charge on any atom is 0.0400 e. The Morgan fingerprint density at radius 3 is 1.21 bits per heavy atom. The first-order chi connectivity index (χ1) is 11.7. The molecule has 0 spiro atoms. The van der Waals surface area contributed by atoms with Gasteiger partial charge >= 0.3 is 0 Å². The molecule has 0 aliphatic heterocycles. The molecule has 0 saturated carbocycles. The number of nitrogens with zero attached hydrogens (tertiary/aromatic N) is 3. The van der Waals surface area contributed by atoms with Gasteiger partial charge in [-0.3, -0.25) is 15.0 Å². The van der Waals surface area contributed by atoms with Crippen molar-refractivity contribution in [2.75, 3.05) is 0 Å². The van der Waals surface area contributed by atoms with Crippen molar-refractivity contribution in [2.24, 2.45) is 0 Å². The van der Waals surface area contributed by atoms with Crippen LogP contribution in [-0.2, 0) is 6.42 Å². The summed E-state index contributed by atoms with van der Waals surface area (Å²) in [4.78, 5) is 12.1. The van der Waals surface area contributed by atoms with Gasteiger partial charge in [-0.25, -0.2) is 0 Å². The Bertz CT molecular complexity index is 558. The molecule has 0 bridgehead atoms. The Morgan fingerprint density at radius 2 is 1.04 bits per heavy atom. The van der Waals surface area contributed by atoms with Gasteiger partial charge in [0.15, 0.2) is 0 Å². The molecule has 0 amide bonds. The molecule has 3 heterocycles. The fraction of sp³-hybridized carbons (Fsp3) is 0.286. The third-order valence-corrected chi connectivity index (χ3v) is 2.71. The number of hydrogen-bond acceptors (Lipinski definition) is 3. The van der Waals surface area contributed by atoms with Gasteiger partial charge in [0.05, 0.1) is 0 Å². The van der Waals surface area contributed by atoms with E-state index in [0.717, 1.165) is 23.5 Å². The lowest BCUT2D eigenvalue weighted by Crippen LogP contribution is -1.81. The largest absolute Gasteiger partial charge is 0.262 e. The number of rotatable bonds is 1. The van der Waals surface area contributed by atoms with E-state index in [4.69, 9.17) is 0 Å². The molecular formula is C21H29N3. The number of pyridine rings is 3. The van der Waals surface area contributed by atoms with Crippen LogP contribution in [-0.4, -0.2) is 15.0 Å². The van der Waals surface area contributed by atoms with Gasteiger partial charge in [0, 0.05) is 35.7 Å². The monoisotopic (exact) mass is 323 g/mol. The van der Waals surface area contributed by atoms with Crippen LogP contribution in [0.15, 0.2) is 73.2 Å². The van der Waals surface area contributed by atoms with Crippen LogP contribution in [0.1, 0.15) is 37.9 Å². The molecule has 3 heteroatoms. The topological polar surface area (TPSA) is 38.7 Å². The summed E-state index contributed by atoms with van der Waals surface area (Å²) in [5.41, 5.74) is 3.30. The Labute approximate surface area is 146 Å². The lowest BCUT2D eigenvalue weighted by Gasteiger charge is -1.88. The van der Waals surface area contributed by atoms with E-state index in [0.29, 0.717) is 0 Å². The maximum atomic E-state index is 4.10. The molecule has 0 unspecified atom stereocenters. The van der Waals surface area contributed by atoms with E-state index in [-0.39, 0.29) is 0 Å². The van der Waals surface area contributed by atoms with Crippen LogP contribution in [0, 0.1) is 13.8 Å². The summed E-state index contributed by atoms with van der Waals surface area (Å²) in [6, 6.07) is 17.7. The zero-order chi connectivity index (χ0) is 18.0. The van der Waals surface area contributed by atoms with E-state index in [1.165, 1.54) is 0 Å². The Morgan fingerprint density at radius 1 is 0.625 bits per heavy atom. The van der Waals surface area contributed by atoms with Gasteiger partial charge in [0.25, 0.3) is 0 Å². The SMILES string of the molecule is CC.CCc1ccccn1.Cc1ccccn1.Cc1ccccn1. The van der Waals surface area contributed by atoms with Crippen molar-refractivity contribution in [1.29, 1.82) is 0 Å². The standard InChI is InChI=1S/C7H9N.2C6H7N.C2H6/c1-2-7-5-3-4-6-8-7;2*1-6-4-2-3-5-7-6;1-2/h3-6H,2H2,1H3;2*2-5H,1H3;1-2H3. The molecule has 24 heavy (non-hydrogen) atoms. The first kappa shape index (κ1) is 21.4. The molecule has 0 aromatic carbocycles. The zero-order valence-electron chi connectivity index (χ0n) is 15.5. The minimum absolute atomic E-state index is 1.03. The molecule has 0 aliphatic carbocycles. The molecule has 0 atom stereocenters. The quantitative estimate of drug-likeness (QED) is 0.597. The molecule has 0 fully saturated rings. The number of aromatic nitrogens is 3. The molecule has 0 aliphatic rings. The summed E-state index contributed by atoms with van der Waals surface area (Å²) in [6.07, 6.45) is 6.42. The first-order valence-electron chi connectivity index (χ1n) is 8.37. The maximum absolute atomic E-state index is 4.10. The lowest BCUT2D eigenvalue weighted by atomic mass is 10.3. The van der Waals surface area contributed by atoms with Crippen LogP contribution in [0.2, 0.25) is 0 Å². The summed E-state index contributed by atoms with van der Waals surface area (Å²) in [5, 5.41) is 0. The average Bonchev–Trinajstić information content (AvgIpc) is 2.66. The summed E-state index contributed by atoms with van der Waals surface area (Å²) in [7, 11) is 0. The van der Waals surface area contributed by atoms with E-state index in [9.17, 15) is 0 Å². The number of hydrogen-bond donors (Lipinski definition) is 0. The van der Waals surface area contributed by atoms with Crippen LogP contribution in [0.25, 0.3) is 0 Å². The number of aryl methyl sites for hydroxylation is 3. The fourth-order valence-corrected chi connectivity index (χ4v) is 1.50. The highest BCUT2D eigenvalue weighted by molar-refractivity contribution is 5.02. The predicted octanol–water partition coefficient (Wildman–Crippen LogP) is 5.45. The van der Waals surface area contributed by atoms with Crippen LogP contribution in [0.4, 0.5) is 0 Å². The van der Waals surface area contributed by atoms with Crippen molar-refractivity contribution in [3.63, 3.8) is 0 Å². The van der Waals surface area contributed by atoms with Gasteiger partial charge in [-0.1, -0.05) is 39.0 Å². The van der Waals surface area contributed by atoms with Gasteiger partial charge in [0.1, 0.15) is 0 Å². The van der Waals surface area contributed by atoms with E-state index in [1.54, 1.807) is 12.4 Å². The normalized spacial score (nSPS) is 8.38. The fourth-order valence-electron chi connectivity index (χ4n) is 1.50. The molecule has 3 aromatic rings. The second-order valence-electron chi connectivity index (χ2n) is 4.62. The second kappa shape index (κ2) is 15.3. The van der Waals surface area contributed by atoms with E-state index in [2.05, 4.69) is 21.9 Å². The summed E-state index contributed by atoms with van der Waals surface area (Å²) >= 11 is 0. The van der Waals surface area contributed by atoms with Gasteiger partial charge in [0.2, 0.25) is 0 Å². The van der Waals surface area contributed by atoms with Gasteiger partial charge < -0.3 is 0 Å². The van der Waals surface area contributed by atoms with E-state index in [1.807, 2.05) is 88.5 Å². The van der Waals surface area contributed by atoms with Gasteiger partial charge in [-0.15, -0.1) is 0 Å². The summed E-state index contributed by atoms with van der Waals surface area (Å²) in [6.45, 7) is 10.0. The van der Waals surface area contributed by atoms with Crippen LogP contribution >= 0.6 is 0 Å². The van der Waals surface area contributed by atoms with Crippen molar-refractivity contribution in [1.82, 2.24) is 15.0 Å². The summed E-state index contributed by atoms with van der Waals surface area (Å²) in [5.74, 6) is 0. The molecule has 0 N–H and O–H groups in total. The molecular weight excluding hydrogens is 294 g/mol. The smallest absolute Gasteiger partial charge is 0.0400 e. The minimum atomic E-state index is 1.03. The molecule has 3 aromatic heterocycles. The van der Waals surface area contributed by atoms with Crippen molar-refractivity contribution in [3.05, 3.63) is 90.3 Å². The minimum Gasteiger partial charge on any atom is -0.262 e. The molecule has 0 saturated heterocycles. The van der Waals surface area contributed by atoms with Crippen molar-refractivity contribution in [3.8, 4) is 0 Å². The van der Waals surface area contributed by atoms with E-state index < -0.39 is 0 Å². The van der Waals surface area contributed by atoms with Crippen molar-refractivity contribution < 1.29 is 0 Å². The van der Waals surface area contributed by atoms with Crippen molar-refractivity contribution >= 4 is 0 Å². The predicted molar refractivity (Wildman–Crippen MR) is 103 cm³/mol. The highest BCUT2D eigenvalue weighted by Gasteiger charge is 1.81. The van der Waals surface area contributed by atoms with Gasteiger partial charge in [-0.05, 0) is 56.7 Å². The lowest BCUT2D eigenvalue weighted by molar-refractivity contribution is 1.04. The first-order valence-corrected chi connectivity index (χ1v) is 8.37. The molecule has 128 valence electrons. The van der Waals surface area contributed by atoms with Crippen molar-refractivity contribution in [2.45, 2.75) is 41.0 Å².